The third kappa shape index (κ3) is 2.89. The number of H-pyrrole nitrogens is 1. The van der Waals surface area contributed by atoms with Gasteiger partial charge in [0, 0.05) is 17.1 Å². The molecule has 1 aliphatic heterocycles. The van der Waals surface area contributed by atoms with Crippen molar-refractivity contribution in [3.63, 3.8) is 0 Å². The molecule has 0 aliphatic carbocycles. The lowest BCUT2D eigenvalue weighted by atomic mass is 9.83. The van der Waals surface area contributed by atoms with Gasteiger partial charge in [0.15, 0.2) is 0 Å². The first-order chi connectivity index (χ1) is 12.8. The van der Waals surface area contributed by atoms with E-state index in [1.54, 1.807) is 12.2 Å². The molecule has 0 saturated heterocycles. The molecule has 0 fully saturated rings. The fraction of sp³-hybridized carbons (Fsp3) is 0.235. The third-order valence-corrected chi connectivity index (χ3v) is 4.25. The topological polar surface area (TPSA) is 68.9 Å². The molecule has 1 aromatic carbocycles. The van der Waals surface area contributed by atoms with Gasteiger partial charge in [0.2, 0.25) is 5.70 Å². The van der Waals surface area contributed by atoms with Crippen LogP contribution in [0.25, 0.3) is 15.7 Å². The lowest BCUT2D eigenvalue weighted by Gasteiger charge is -2.28. The molecule has 10 heteroatoms. The average Bonchev–Trinajstić information content (AvgIpc) is 2.98. The van der Waals surface area contributed by atoms with Gasteiger partial charge in [0.1, 0.15) is 5.82 Å². The SMILES string of the molecule is [C-]#[N+]C1=C(C(F)F)NC(C(F)F)=C(C#N)C1c1cc2c(C)[nH]nc2cc1F. The number of hydrogen-bond donors (Lipinski definition) is 2. The molecule has 0 saturated carbocycles. The first kappa shape index (κ1) is 18.4. The summed E-state index contributed by atoms with van der Waals surface area (Å²) in [5.41, 5.74) is -3.07. The monoisotopic (exact) mass is 379 g/mol. The molecule has 0 amide bonds. The molecule has 1 atom stereocenters. The van der Waals surface area contributed by atoms with Crippen molar-refractivity contribution in [3.05, 3.63) is 63.3 Å². The fourth-order valence-electron chi connectivity index (χ4n) is 3.01. The van der Waals surface area contributed by atoms with Crippen molar-refractivity contribution in [2.24, 2.45) is 0 Å². The predicted octanol–water partition coefficient (Wildman–Crippen LogP) is 4.14. The van der Waals surface area contributed by atoms with Gasteiger partial charge in [-0.3, -0.25) is 5.10 Å². The van der Waals surface area contributed by atoms with E-state index in [1.807, 2.05) is 0 Å². The van der Waals surface area contributed by atoms with Crippen LogP contribution in [0.1, 0.15) is 17.2 Å². The Morgan fingerprint density at radius 2 is 1.89 bits per heavy atom. The van der Waals surface area contributed by atoms with E-state index < -0.39 is 47.3 Å². The molecule has 5 nitrogen and oxygen atoms in total. The van der Waals surface area contributed by atoms with Crippen molar-refractivity contribution in [2.45, 2.75) is 25.7 Å². The Morgan fingerprint density at radius 1 is 1.22 bits per heavy atom. The van der Waals surface area contributed by atoms with Crippen LogP contribution in [-0.2, 0) is 0 Å². The van der Waals surface area contributed by atoms with Gasteiger partial charge in [-0.15, -0.1) is 0 Å². The zero-order valence-electron chi connectivity index (χ0n) is 13.6. The van der Waals surface area contributed by atoms with Gasteiger partial charge in [-0.2, -0.15) is 10.4 Å². The van der Waals surface area contributed by atoms with Crippen LogP contribution in [0.2, 0.25) is 0 Å². The van der Waals surface area contributed by atoms with Gasteiger partial charge >= 0.3 is 0 Å². The minimum Gasteiger partial charge on any atom is -0.362 e. The standard InChI is InChI=1S/C17H10F5N5/c1-6-7-3-8(10(18)4-11(7)27-26-6)12-9(5-23)13(16(19)20)25-15(17(21)22)14(12)24-2/h3-4,12,16-17,25H,1H3,(H,26,27). The lowest BCUT2D eigenvalue weighted by molar-refractivity contribution is 0.159. The average molecular weight is 379 g/mol. The Bertz CT molecular complexity index is 1030. The van der Waals surface area contributed by atoms with Crippen molar-refractivity contribution >= 4 is 10.9 Å². The smallest absolute Gasteiger partial charge is 0.279 e. The van der Waals surface area contributed by atoms with Crippen LogP contribution in [-0.4, -0.2) is 23.0 Å². The highest BCUT2D eigenvalue weighted by Gasteiger charge is 2.39. The van der Waals surface area contributed by atoms with E-state index in [4.69, 9.17) is 6.57 Å². The van der Waals surface area contributed by atoms with Crippen molar-refractivity contribution < 1.29 is 22.0 Å². The number of rotatable bonds is 3. The van der Waals surface area contributed by atoms with Crippen LogP contribution in [0.15, 0.2) is 34.8 Å². The second-order valence-corrected chi connectivity index (χ2v) is 5.75. The van der Waals surface area contributed by atoms with Gasteiger partial charge in [0.25, 0.3) is 12.9 Å². The number of nitrogens with zero attached hydrogens (tertiary/aromatic N) is 3. The fourth-order valence-corrected chi connectivity index (χ4v) is 3.01. The molecule has 138 valence electrons. The zero-order valence-corrected chi connectivity index (χ0v) is 13.6. The molecule has 0 spiro atoms. The number of halogens is 5. The number of aromatic nitrogens is 2. The Hall–Kier alpha value is -3.40. The molecule has 2 N–H and O–H groups in total. The van der Waals surface area contributed by atoms with Gasteiger partial charge in [-0.1, -0.05) is 0 Å². The number of nitriles is 1. The summed E-state index contributed by atoms with van der Waals surface area (Å²) in [4.78, 5) is 3.00. The lowest BCUT2D eigenvalue weighted by Crippen LogP contribution is -2.32. The first-order valence-corrected chi connectivity index (χ1v) is 7.53. The Labute approximate surface area is 149 Å². The van der Waals surface area contributed by atoms with Crippen LogP contribution in [0.4, 0.5) is 22.0 Å². The van der Waals surface area contributed by atoms with E-state index in [9.17, 15) is 27.2 Å². The van der Waals surface area contributed by atoms with E-state index in [-0.39, 0.29) is 11.1 Å². The van der Waals surface area contributed by atoms with Gasteiger partial charge in [-0.05, 0) is 18.6 Å². The maximum Gasteiger partial charge on any atom is 0.279 e. The van der Waals surface area contributed by atoms with Gasteiger partial charge in [0.05, 0.1) is 41.0 Å². The highest BCUT2D eigenvalue weighted by molar-refractivity contribution is 5.82. The molecule has 1 aromatic heterocycles. The van der Waals surface area contributed by atoms with Crippen LogP contribution in [0, 0.1) is 30.6 Å². The number of fused-ring (bicyclic) bond motifs is 1. The number of aryl methyl sites for hydroxylation is 1. The van der Waals surface area contributed by atoms with E-state index in [1.165, 1.54) is 12.1 Å². The number of aromatic amines is 1. The Morgan fingerprint density at radius 3 is 2.44 bits per heavy atom. The summed E-state index contributed by atoms with van der Waals surface area (Å²) in [7, 11) is 0. The first-order valence-electron chi connectivity index (χ1n) is 7.53. The normalized spacial score (nSPS) is 17.5. The molecular weight excluding hydrogens is 369 g/mol. The van der Waals surface area contributed by atoms with Crippen molar-refractivity contribution in [1.29, 1.82) is 5.26 Å². The number of benzene rings is 1. The summed E-state index contributed by atoms with van der Waals surface area (Å²) in [6.45, 7) is 8.84. The molecule has 0 bridgehead atoms. The molecule has 2 heterocycles. The quantitative estimate of drug-likeness (QED) is 0.622. The molecule has 0 radical (unpaired) electrons. The summed E-state index contributed by atoms with van der Waals surface area (Å²) in [5.74, 6) is -2.63. The third-order valence-electron chi connectivity index (χ3n) is 4.25. The number of dihydropyridines is 1. The molecule has 27 heavy (non-hydrogen) atoms. The molecule has 1 unspecified atom stereocenters. The maximum atomic E-state index is 14.7. The zero-order chi connectivity index (χ0) is 19.9. The van der Waals surface area contributed by atoms with E-state index in [2.05, 4.69) is 15.0 Å². The van der Waals surface area contributed by atoms with Gasteiger partial charge < -0.3 is 5.32 Å². The van der Waals surface area contributed by atoms with Crippen LogP contribution in [0.3, 0.4) is 0 Å². The van der Waals surface area contributed by atoms with Crippen molar-refractivity contribution in [1.82, 2.24) is 15.5 Å². The van der Waals surface area contributed by atoms with Crippen molar-refractivity contribution in [3.8, 4) is 6.07 Å². The highest BCUT2D eigenvalue weighted by Crippen LogP contribution is 2.42. The van der Waals surface area contributed by atoms with Gasteiger partial charge in [-0.25, -0.2) is 26.8 Å². The summed E-state index contributed by atoms with van der Waals surface area (Å²) in [6, 6.07) is 3.74. The number of alkyl halides is 4. The molecular formula is C17H10F5N5. The summed E-state index contributed by atoms with van der Waals surface area (Å²) < 4.78 is 68.1. The second-order valence-electron chi connectivity index (χ2n) is 5.75. The van der Waals surface area contributed by atoms with Crippen LogP contribution < -0.4 is 5.32 Å². The summed E-state index contributed by atoms with van der Waals surface area (Å²) in [5, 5.41) is 18.1. The largest absolute Gasteiger partial charge is 0.362 e. The molecule has 2 aromatic rings. The van der Waals surface area contributed by atoms with E-state index in [0.717, 1.165) is 6.07 Å². The molecule has 1 aliphatic rings. The van der Waals surface area contributed by atoms with E-state index >= 15 is 0 Å². The van der Waals surface area contributed by atoms with Crippen LogP contribution >= 0.6 is 0 Å². The number of hydrogen-bond acceptors (Lipinski definition) is 3. The Kier molecular flexibility index (Phi) is 4.58. The summed E-state index contributed by atoms with van der Waals surface area (Å²) in [6.07, 6.45) is -6.57. The predicted molar refractivity (Wildman–Crippen MR) is 84.9 cm³/mol. The Balaban J connectivity index is 2.36. The highest BCUT2D eigenvalue weighted by atomic mass is 19.3. The van der Waals surface area contributed by atoms with Crippen molar-refractivity contribution in [2.75, 3.05) is 0 Å². The summed E-state index contributed by atoms with van der Waals surface area (Å²) >= 11 is 0. The maximum absolute atomic E-state index is 14.7. The van der Waals surface area contributed by atoms with Crippen LogP contribution in [0.5, 0.6) is 0 Å². The molecule has 3 rings (SSSR count). The number of allylic oxidation sites excluding steroid dienone is 3. The minimum absolute atomic E-state index is 0.238. The second kappa shape index (κ2) is 6.72. The minimum atomic E-state index is -3.29. The number of nitrogens with one attached hydrogen (secondary N) is 2. The van der Waals surface area contributed by atoms with E-state index in [0.29, 0.717) is 11.1 Å².